The minimum absolute atomic E-state index is 0.310. The maximum Gasteiger partial charge on any atom is 0.222 e. The number of rotatable bonds is 4. The number of likely N-dealkylation sites (tertiary alicyclic amines) is 1. The molecule has 0 saturated carbocycles. The molecule has 0 radical (unpaired) electrons. The van der Waals surface area contributed by atoms with Crippen LogP contribution in [0.25, 0.3) is 0 Å². The van der Waals surface area contributed by atoms with Crippen molar-refractivity contribution in [2.24, 2.45) is 5.92 Å². The molecular weight excluding hydrogens is 200 g/mol. The van der Waals surface area contributed by atoms with E-state index in [1.54, 1.807) is 0 Å². The second-order valence-corrected chi connectivity index (χ2v) is 5.30. The number of piperidine rings is 1. The zero-order valence-electron chi connectivity index (χ0n) is 11.2. The molecule has 1 aliphatic rings. The average Bonchev–Trinajstić information content (AvgIpc) is 2.27. The molecule has 3 heteroatoms. The van der Waals surface area contributed by atoms with Crippen molar-refractivity contribution in [3.63, 3.8) is 0 Å². The molecule has 1 rings (SSSR count). The summed E-state index contributed by atoms with van der Waals surface area (Å²) >= 11 is 0. The van der Waals surface area contributed by atoms with Crippen molar-refractivity contribution in [2.75, 3.05) is 26.7 Å². The number of carbonyl (C=O) groups excluding carboxylic acids is 1. The third kappa shape index (κ3) is 3.78. The molecular formula is C13H26N2O. The molecule has 0 aromatic carbocycles. The Bertz CT molecular complexity index is 220. The van der Waals surface area contributed by atoms with E-state index in [1.165, 1.54) is 0 Å². The molecule has 1 fully saturated rings. The summed E-state index contributed by atoms with van der Waals surface area (Å²) in [5, 5.41) is 0. The van der Waals surface area contributed by atoms with Crippen molar-refractivity contribution in [2.45, 2.75) is 46.1 Å². The van der Waals surface area contributed by atoms with Gasteiger partial charge in [0, 0.05) is 32.1 Å². The highest BCUT2D eigenvalue weighted by Gasteiger charge is 2.24. The van der Waals surface area contributed by atoms with E-state index in [-0.39, 0.29) is 0 Å². The first-order chi connectivity index (χ1) is 7.54. The largest absolute Gasteiger partial charge is 0.343 e. The number of nitrogens with zero attached hydrogens (tertiary/aromatic N) is 2. The predicted molar refractivity (Wildman–Crippen MR) is 67.4 cm³/mol. The van der Waals surface area contributed by atoms with Gasteiger partial charge in [0.1, 0.15) is 0 Å². The molecule has 1 amide bonds. The molecule has 0 unspecified atom stereocenters. The topological polar surface area (TPSA) is 23.6 Å². The van der Waals surface area contributed by atoms with Crippen LogP contribution in [0.1, 0.15) is 40.0 Å². The van der Waals surface area contributed by atoms with Gasteiger partial charge >= 0.3 is 0 Å². The highest BCUT2D eigenvalue weighted by molar-refractivity contribution is 5.75. The number of hydrogen-bond donors (Lipinski definition) is 0. The molecule has 3 nitrogen and oxygen atoms in total. The predicted octanol–water partition coefficient (Wildman–Crippen LogP) is 1.98. The fourth-order valence-electron chi connectivity index (χ4n) is 2.50. The van der Waals surface area contributed by atoms with Crippen molar-refractivity contribution in [3.8, 4) is 0 Å². The molecule has 16 heavy (non-hydrogen) atoms. The Labute approximate surface area is 99.8 Å². The summed E-state index contributed by atoms with van der Waals surface area (Å²) in [6, 6.07) is 0.670. The van der Waals surface area contributed by atoms with Gasteiger partial charge in [0.2, 0.25) is 5.91 Å². The molecule has 1 heterocycles. The third-order valence-corrected chi connectivity index (χ3v) is 3.40. The Balaban J connectivity index is 2.34. The van der Waals surface area contributed by atoms with Gasteiger partial charge in [0.15, 0.2) is 0 Å². The van der Waals surface area contributed by atoms with Crippen LogP contribution in [0.2, 0.25) is 0 Å². The lowest BCUT2D eigenvalue weighted by Gasteiger charge is -2.37. The summed E-state index contributed by atoms with van der Waals surface area (Å²) in [6.07, 6.45) is 2.91. The highest BCUT2D eigenvalue weighted by Crippen LogP contribution is 2.16. The highest BCUT2D eigenvalue weighted by atomic mass is 16.2. The quantitative estimate of drug-likeness (QED) is 0.732. The molecule has 0 aromatic heterocycles. The first kappa shape index (κ1) is 13.5. The fraction of sp³-hybridized carbons (Fsp3) is 0.923. The van der Waals surface area contributed by atoms with E-state index in [0.717, 1.165) is 38.4 Å². The van der Waals surface area contributed by atoms with Gasteiger partial charge in [0.25, 0.3) is 0 Å². The van der Waals surface area contributed by atoms with E-state index < -0.39 is 0 Å². The zero-order valence-corrected chi connectivity index (χ0v) is 11.2. The lowest BCUT2D eigenvalue weighted by atomic mass is 10.0. The van der Waals surface area contributed by atoms with E-state index in [4.69, 9.17) is 0 Å². The number of carbonyl (C=O) groups is 1. The maximum atomic E-state index is 11.5. The van der Waals surface area contributed by atoms with Crippen LogP contribution in [0.4, 0.5) is 0 Å². The first-order valence-corrected chi connectivity index (χ1v) is 6.52. The third-order valence-electron chi connectivity index (χ3n) is 3.40. The molecule has 0 atom stereocenters. The van der Waals surface area contributed by atoms with Crippen LogP contribution >= 0.6 is 0 Å². The normalized spacial score (nSPS) is 18.5. The van der Waals surface area contributed by atoms with E-state index in [2.05, 4.69) is 25.8 Å². The van der Waals surface area contributed by atoms with Crippen LogP contribution in [0.5, 0.6) is 0 Å². The summed E-state index contributed by atoms with van der Waals surface area (Å²) in [4.78, 5) is 16.0. The Morgan fingerprint density at radius 2 is 1.94 bits per heavy atom. The molecule has 0 aromatic rings. The molecule has 0 N–H and O–H groups in total. The van der Waals surface area contributed by atoms with Crippen molar-refractivity contribution >= 4 is 5.91 Å². The van der Waals surface area contributed by atoms with Crippen LogP contribution in [-0.4, -0.2) is 48.4 Å². The van der Waals surface area contributed by atoms with Crippen LogP contribution in [0.15, 0.2) is 0 Å². The second-order valence-electron chi connectivity index (χ2n) is 5.30. The molecule has 1 aliphatic heterocycles. The Hall–Kier alpha value is -0.570. The summed E-state index contributed by atoms with van der Waals surface area (Å²) in [6.45, 7) is 9.50. The minimum Gasteiger partial charge on any atom is -0.343 e. The van der Waals surface area contributed by atoms with E-state index in [0.29, 0.717) is 18.4 Å². The Kier molecular flexibility index (Phi) is 5.26. The van der Waals surface area contributed by atoms with Crippen molar-refractivity contribution in [1.29, 1.82) is 0 Å². The average molecular weight is 226 g/mol. The number of amides is 1. The first-order valence-electron chi connectivity index (χ1n) is 6.52. The SMILES string of the molecule is CCC(=O)N1CCC(N(C)CC(C)C)CC1. The van der Waals surface area contributed by atoms with Crippen LogP contribution < -0.4 is 0 Å². The maximum absolute atomic E-state index is 11.5. The van der Waals surface area contributed by atoms with E-state index in [1.807, 2.05) is 11.8 Å². The van der Waals surface area contributed by atoms with Crippen LogP contribution in [-0.2, 0) is 4.79 Å². The summed E-state index contributed by atoms with van der Waals surface area (Å²) in [5.74, 6) is 1.03. The zero-order chi connectivity index (χ0) is 12.1. The van der Waals surface area contributed by atoms with Gasteiger partial charge in [-0.05, 0) is 25.8 Å². The summed E-state index contributed by atoms with van der Waals surface area (Å²) < 4.78 is 0. The standard InChI is InChI=1S/C13H26N2O/c1-5-13(16)15-8-6-12(7-9-15)14(4)10-11(2)3/h11-12H,5-10H2,1-4H3. The van der Waals surface area contributed by atoms with Gasteiger partial charge in [-0.15, -0.1) is 0 Å². The minimum atomic E-state index is 0.310. The fourth-order valence-corrected chi connectivity index (χ4v) is 2.50. The van der Waals surface area contributed by atoms with Gasteiger partial charge in [0.05, 0.1) is 0 Å². The van der Waals surface area contributed by atoms with Gasteiger partial charge in [-0.25, -0.2) is 0 Å². The van der Waals surface area contributed by atoms with E-state index in [9.17, 15) is 4.79 Å². The number of hydrogen-bond acceptors (Lipinski definition) is 2. The Morgan fingerprint density at radius 3 is 2.38 bits per heavy atom. The lowest BCUT2D eigenvalue weighted by Crippen LogP contribution is -2.46. The summed E-state index contributed by atoms with van der Waals surface area (Å²) in [5.41, 5.74) is 0. The van der Waals surface area contributed by atoms with Crippen molar-refractivity contribution in [1.82, 2.24) is 9.80 Å². The Morgan fingerprint density at radius 1 is 1.38 bits per heavy atom. The molecule has 0 spiro atoms. The van der Waals surface area contributed by atoms with Gasteiger partial charge in [-0.2, -0.15) is 0 Å². The molecule has 0 bridgehead atoms. The van der Waals surface area contributed by atoms with Crippen molar-refractivity contribution in [3.05, 3.63) is 0 Å². The van der Waals surface area contributed by atoms with Crippen molar-refractivity contribution < 1.29 is 4.79 Å². The van der Waals surface area contributed by atoms with Crippen LogP contribution in [0, 0.1) is 5.92 Å². The second kappa shape index (κ2) is 6.24. The smallest absolute Gasteiger partial charge is 0.222 e. The van der Waals surface area contributed by atoms with Gasteiger partial charge in [-0.3, -0.25) is 4.79 Å². The van der Waals surface area contributed by atoms with E-state index >= 15 is 0 Å². The molecule has 94 valence electrons. The monoisotopic (exact) mass is 226 g/mol. The van der Waals surface area contributed by atoms with Gasteiger partial charge in [-0.1, -0.05) is 20.8 Å². The van der Waals surface area contributed by atoms with Gasteiger partial charge < -0.3 is 9.80 Å². The lowest BCUT2D eigenvalue weighted by molar-refractivity contribution is -0.132. The van der Waals surface area contributed by atoms with Crippen LogP contribution in [0.3, 0.4) is 0 Å². The molecule has 0 aliphatic carbocycles. The molecule has 1 saturated heterocycles. The summed E-state index contributed by atoms with van der Waals surface area (Å²) in [7, 11) is 2.21.